The van der Waals surface area contributed by atoms with Crippen molar-refractivity contribution in [2.24, 2.45) is 5.73 Å². The minimum Gasteiger partial charge on any atom is -0.493 e. The highest BCUT2D eigenvalue weighted by molar-refractivity contribution is 5.95. The number of ether oxygens (including phenoxy) is 3. The van der Waals surface area contributed by atoms with Crippen LogP contribution in [0.1, 0.15) is 36.8 Å². The van der Waals surface area contributed by atoms with Gasteiger partial charge in [-0.1, -0.05) is 0 Å². The number of aromatic nitrogens is 5. The number of anilines is 1. The molecule has 0 aliphatic carbocycles. The van der Waals surface area contributed by atoms with Crippen molar-refractivity contribution in [3.63, 3.8) is 0 Å². The molecule has 4 aromatic rings. The molecule has 0 fully saturated rings. The quantitative estimate of drug-likeness (QED) is 0.0946. The van der Waals surface area contributed by atoms with Crippen molar-refractivity contribution in [1.82, 2.24) is 29.6 Å². The standard InChI is InChI=1S/C26H31N9O4.2C2H4O2/c1-34(2)12-13-39-22-19(37-3)14-17(15-20(22)38-4)21(31-18-8-6-16(7-9-18)23(27)28)24-32-26(36)35(33-24)25-29-10-5-11-30-25;2*1-2(3)4/h5-11,14-15,21,31H,12-13H2,1-4H3,(H3,27,28)(H,32,33,36);2*1H3,(H,3,4). The van der Waals surface area contributed by atoms with Gasteiger partial charge < -0.3 is 40.4 Å². The number of methoxy groups -OCH3 is 2. The summed E-state index contributed by atoms with van der Waals surface area (Å²) in [6.07, 6.45) is 3.06. The zero-order chi connectivity index (χ0) is 35.1. The van der Waals surface area contributed by atoms with Gasteiger partial charge in [-0.25, -0.2) is 14.8 Å². The third-order valence-corrected chi connectivity index (χ3v) is 5.76. The minimum atomic E-state index is -0.833. The van der Waals surface area contributed by atoms with Gasteiger partial charge in [0, 0.05) is 44.0 Å². The summed E-state index contributed by atoms with van der Waals surface area (Å²) in [5.41, 5.74) is 7.06. The average molecular weight is 654 g/mol. The molecule has 0 saturated heterocycles. The number of nitrogens with two attached hydrogens (primary N) is 1. The second-order valence-electron chi connectivity index (χ2n) is 9.79. The fourth-order valence-electron chi connectivity index (χ4n) is 3.77. The van der Waals surface area contributed by atoms with Gasteiger partial charge in [-0.3, -0.25) is 20.0 Å². The molecular formula is C30H39N9O8. The molecule has 1 atom stereocenters. The van der Waals surface area contributed by atoms with Crippen LogP contribution in [0.5, 0.6) is 17.2 Å². The van der Waals surface area contributed by atoms with Gasteiger partial charge in [-0.2, -0.15) is 0 Å². The van der Waals surface area contributed by atoms with Crippen LogP contribution in [0.15, 0.2) is 59.7 Å². The van der Waals surface area contributed by atoms with Crippen molar-refractivity contribution in [3.8, 4) is 23.2 Å². The largest absolute Gasteiger partial charge is 0.493 e. The molecule has 0 aliphatic rings. The Morgan fingerprint density at radius 1 is 1.04 bits per heavy atom. The number of hydrogen-bond acceptors (Lipinski definition) is 12. The van der Waals surface area contributed by atoms with E-state index < -0.39 is 23.7 Å². The van der Waals surface area contributed by atoms with Gasteiger partial charge in [-0.05, 0) is 62.1 Å². The number of aromatic amines is 1. The van der Waals surface area contributed by atoms with Gasteiger partial charge in [0.2, 0.25) is 5.75 Å². The summed E-state index contributed by atoms with van der Waals surface area (Å²) in [5, 5.41) is 30.4. The second kappa shape index (κ2) is 18.1. The summed E-state index contributed by atoms with van der Waals surface area (Å²) in [5.74, 6) is 0.100. The lowest BCUT2D eigenvalue weighted by Crippen LogP contribution is -2.20. The van der Waals surface area contributed by atoms with E-state index in [0.717, 1.165) is 18.5 Å². The van der Waals surface area contributed by atoms with Gasteiger partial charge in [0.25, 0.3) is 17.9 Å². The smallest absolute Gasteiger partial charge is 0.350 e. The summed E-state index contributed by atoms with van der Waals surface area (Å²) in [6, 6.07) is 11.6. The number of nitrogen functional groups attached to an aromatic ring is 1. The predicted octanol–water partition coefficient (Wildman–Crippen LogP) is 1.98. The Hall–Kier alpha value is -5.97. The van der Waals surface area contributed by atoms with Gasteiger partial charge >= 0.3 is 5.69 Å². The molecule has 7 N–H and O–H groups in total. The molecule has 2 heterocycles. The topological polar surface area (TPSA) is 244 Å². The van der Waals surface area contributed by atoms with Crippen LogP contribution in [0, 0.1) is 5.41 Å². The number of benzene rings is 2. The molecule has 0 radical (unpaired) electrons. The lowest BCUT2D eigenvalue weighted by Gasteiger charge is -2.22. The van der Waals surface area contributed by atoms with E-state index in [1.165, 1.54) is 12.4 Å². The van der Waals surface area contributed by atoms with Crippen LogP contribution in [0.3, 0.4) is 0 Å². The zero-order valence-electron chi connectivity index (χ0n) is 26.8. The van der Waals surface area contributed by atoms with Crippen LogP contribution < -0.4 is 31.0 Å². The summed E-state index contributed by atoms with van der Waals surface area (Å²) in [4.78, 5) is 43.9. The molecule has 1 unspecified atom stereocenters. The monoisotopic (exact) mass is 653 g/mol. The SMILES string of the molecule is CC(=O)O.CC(=O)O.COc1cc(C(Nc2ccc(C(=N)N)cc2)c2nn(-c3ncccn3)c(=O)[nH]2)cc(OC)c1OCCN(C)C. The number of hydrogen-bond donors (Lipinski definition) is 6. The van der Waals surface area contributed by atoms with E-state index in [1.807, 2.05) is 19.0 Å². The van der Waals surface area contributed by atoms with Crippen molar-refractivity contribution < 1.29 is 34.0 Å². The lowest BCUT2D eigenvalue weighted by atomic mass is 10.0. The number of aliphatic carboxylic acids is 2. The molecule has 17 nitrogen and oxygen atoms in total. The number of amidine groups is 1. The molecule has 0 amide bonds. The average Bonchev–Trinajstić information content (AvgIpc) is 3.40. The van der Waals surface area contributed by atoms with Gasteiger partial charge in [0.1, 0.15) is 18.5 Å². The fourth-order valence-corrected chi connectivity index (χ4v) is 3.77. The summed E-state index contributed by atoms with van der Waals surface area (Å²) in [7, 11) is 7.01. The Balaban J connectivity index is 0.000000862. The highest BCUT2D eigenvalue weighted by atomic mass is 16.5. The number of carbonyl (C=O) groups is 2. The number of carboxylic acid groups (broad SMARTS) is 2. The number of rotatable bonds is 12. The first-order valence-electron chi connectivity index (χ1n) is 13.9. The summed E-state index contributed by atoms with van der Waals surface area (Å²) >= 11 is 0. The molecule has 0 bridgehead atoms. The van der Waals surface area contributed by atoms with Crippen LogP contribution in [0.4, 0.5) is 5.69 Å². The minimum absolute atomic E-state index is 0.0386. The normalized spacial score (nSPS) is 10.8. The lowest BCUT2D eigenvalue weighted by molar-refractivity contribution is -0.135. The zero-order valence-corrected chi connectivity index (χ0v) is 26.8. The maximum absolute atomic E-state index is 12.8. The molecule has 17 heteroatoms. The molecule has 0 saturated carbocycles. The maximum atomic E-state index is 12.8. The predicted molar refractivity (Wildman–Crippen MR) is 173 cm³/mol. The van der Waals surface area contributed by atoms with Crippen LogP contribution in [0.25, 0.3) is 5.95 Å². The van der Waals surface area contributed by atoms with Gasteiger partial charge in [0.05, 0.1) is 14.2 Å². The summed E-state index contributed by atoms with van der Waals surface area (Å²) in [6.45, 7) is 3.30. The van der Waals surface area contributed by atoms with Crippen molar-refractivity contribution in [1.29, 1.82) is 5.41 Å². The van der Waals surface area contributed by atoms with Gasteiger partial charge in [0.15, 0.2) is 17.3 Å². The molecule has 252 valence electrons. The molecule has 47 heavy (non-hydrogen) atoms. The van der Waals surface area contributed by atoms with E-state index in [1.54, 1.807) is 56.7 Å². The molecule has 0 aliphatic heterocycles. The third-order valence-electron chi connectivity index (χ3n) is 5.76. The van der Waals surface area contributed by atoms with E-state index in [9.17, 15) is 4.79 Å². The molecule has 0 spiro atoms. The van der Waals surface area contributed by atoms with Crippen molar-refractivity contribution >= 4 is 23.5 Å². The van der Waals surface area contributed by atoms with Crippen molar-refractivity contribution in [3.05, 3.63) is 82.3 Å². The molecular weight excluding hydrogens is 614 g/mol. The van der Waals surface area contributed by atoms with Crippen LogP contribution >= 0.6 is 0 Å². The number of likely N-dealkylation sites (N-methyl/N-ethyl adjacent to an activating group) is 1. The molecule has 2 aromatic carbocycles. The third kappa shape index (κ3) is 11.8. The number of nitrogens with one attached hydrogen (secondary N) is 3. The van der Waals surface area contributed by atoms with E-state index in [4.69, 9.17) is 45.2 Å². The molecule has 2 aromatic heterocycles. The van der Waals surface area contributed by atoms with Crippen LogP contribution in [0.2, 0.25) is 0 Å². The summed E-state index contributed by atoms with van der Waals surface area (Å²) < 4.78 is 18.4. The Kier molecular flexibility index (Phi) is 14.3. The van der Waals surface area contributed by atoms with Crippen LogP contribution in [-0.2, 0) is 9.59 Å². The van der Waals surface area contributed by atoms with E-state index >= 15 is 0 Å². The molecule has 4 rings (SSSR count). The Bertz CT molecular complexity index is 1630. The Morgan fingerprint density at radius 3 is 2.04 bits per heavy atom. The first-order chi connectivity index (χ1) is 22.3. The first-order valence-corrected chi connectivity index (χ1v) is 13.9. The number of carboxylic acids is 2. The number of nitrogens with zero attached hydrogens (tertiary/aromatic N) is 5. The second-order valence-corrected chi connectivity index (χ2v) is 9.79. The van der Waals surface area contributed by atoms with Crippen LogP contribution in [-0.4, -0.2) is 99.1 Å². The first kappa shape index (κ1) is 37.2. The number of H-pyrrole nitrogens is 1. The maximum Gasteiger partial charge on any atom is 0.350 e. The van der Waals surface area contributed by atoms with Crippen molar-refractivity contribution in [2.75, 3.05) is 46.8 Å². The van der Waals surface area contributed by atoms with Gasteiger partial charge in [-0.15, -0.1) is 9.78 Å². The van der Waals surface area contributed by atoms with Crippen molar-refractivity contribution in [2.45, 2.75) is 19.9 Å². The van der Waals surface area contributed by atoms with E-state index in [-0.39, 0.29) is 11.8 Å². The van der Waals surface area contributed by atoms with E-state index in [2.05, 4.69) is 25.4 Å². The highest BCUT2D eigenvalue weighted by Crippen LogP contribution is 2.41. The highest BCUT2D eigenvalue weighted by Gasteiger charge is 2.25. The Morgan fingerprint density at radius 2 is 1.57 bits per heavy atom. The Labute approximate surface area is 270 Å². The van der Waals surface area contributed by atoms with E-state index in [0.29, 0.717) is 53.0 Å². The fraction of sp³-hybridized carbons (Fsp3) is 0.300.